The lowest BCUT2D eigenvalue weighted by Gasteiger charge is -2.06. The van der Waals surface area contributed by atoms with Crippen molar-refractivity contribution in [3.05, 3.63) is 48.5 Å². The molecular formula is C12H11NO4S. The van der Waals surface area contributed by atoms with Crippen LogP contribution in [0.25, 0.3) is 0 Å². The van der Waals surface area contributed by atoms with E-state index in [1.165, 1.54) is 12.1 Å². The Balaban J connectivity index is 2.16. The van der Waals surface area contributed by atoms with Gasteiger partial charge in [0.15, 0.2) is 0 Å². The second-order valence-electron chi connectivity index (χ2n) is 3.46. The van der Waals surface area contributed by atoms with Crippen LogP contribution in [0, 0.1) is 0 Å². The Hall–Kier alpha value is -2.21. The van der Waals surface area contributed by atoms with Gasteiger partial charge in [-0.3, -0.25) is 0 Å². The van der Waals surface area contributed by atoms with Gasteiger partial charge in [0.25, 0.3) is 11.0 Å². The molecule has 0 spiro atoms. The summed E-state index contributed by atoms with van der Waals surface area (Å²) in [6.07, 6.45) is 0. The molecule has 0 aliphatic carbocycles. The predicted octanol–water partition coefficient (Wildman–Crippen LogP) is 1.97. The van der Waals surface area contributed by atoms with Crippen LogP contribution in [0.15, 0.2) is 48.5 Å². The monoisotopic (exact) mass is 265 g/mol. The van der Waals surface area contributed by atoms with Gasteiger partial charge in [-0.15, -0.1) is 0 Å². The third-order valence-electron chi connectivity index (χ3n) is 2.10. The van der Waals surface area contributed by atoms with Gasteiger partial charge in [0.2, 0.25) is 0 Å². The van der Waals surface area contributed by atoms with Crippen molar-refractivity contribution in [3.63, 3.8) is 0 Å². The van der Waals surface area contributed by atoms with Crippen LogP contribution in [0.1, 0.15) is 0 Å². The molecule has 0 heterocycles. The molecule has 2 N–H and O–H groups in total. The summed E-state index contributed by atoms with van der Waals surface area (Å²) >= 11 is 0. The van der Waals surface area contributed by atoms with Crippen molar-refractivity contribution in [2.75, 3.05) is 5.73 Å². The Morgan fingerprint density at radius 2 is 1.56 bits per heavy atom. The molecule has 94 valence electrons. The Kier molecular flexibility index (Phi) is 3.69. The third-order valence-corrected chi connectivity index (χ3v) is 2.46. The zero-order valence-corrected chi connectivity index (χ0v) is 10.2. The van der Waals surface area contributed by atoms with E-state index in [4.69, 9.17) is 10.5 Å². The second-order valence-corrected chi connectivity index (χ2v) is 4.09. The molecular weight excluding hydrogens is 254 g/mol. The minimum Gasteiger partial charge on any atom is -0.457 e. The molecule has 0 fully saturated rings. The average Bonchev–Trinajstić information content (AvgIpc) is 2.32. The molecule has 0 aliphatic rings. The van der Waals surface area contributed by atoms with Gasteiger partial charge < -0.3 is 14.7 Å². The lowest BCUT2D eigenvalue weighted by Crippen LogP contribution is -1.91. The lowest BCUT2D eigenvalue weighted by atomic mass is 10.3. The van der Waals surface area contributed by atoms with E-state index in [1.54, 1.807) is 36.4 Å². The number of rotatable bonds is 4. The first-order valence-corrected chi connectivity index (χ1v) is 6.19. The normalized spacial score (nSPS) is 10.3. The van der Waals surface area contributed by atoms with Crippen LogP contribution < -0.4 is 14.7 Å². The Morgan fingerprint density at radius 1 is 0.889 bits per heavy atom. The zero-order valence-electron chi connectivity index (χ0n) is 9.28. The minimum absolute atomic E-state index is 0.207. The molecule has 0 unspecified atom stereocenters. The molecule has 0 radical (unpaired) electrons. The van der Waals surface area contributed by atoms with E-state index in [2.05, 4.69) is 4.18 Å². The summed E-state index contributed by atoms with van der Waals surface area (Å²) in [6.45, 7) is 0. The molecule has 0 aliphatic heterocycles. The molecule has 6 heteroatoms. The number of anilines is 1. The van der Waals surface area contributed by atoms with Crippen LogP contribution in [0.3, 0.4) is 0 Å². The third kappa shape index (κ3) is 3.39. The van der Waals surface area contributed by atoms with Gasteiger partial charge in [-0.05, 0) is 36.4 Å². The molecule has 2 aromatic carbocycles. The molecule has 0 amide bonds. The van der Waals surface area contributed by atoms with Gasteiger partial charge in [-0.1, -0.05) is 6.07 Å². The molecule has 0 bridgehead atoms. The van der Waals surface area contributed by atoms with E-state index in [1.807, 2.05) is 0 Å². The zero-order chi connectivity index (χ0) is 13.0. The summed E-state index contributed by atoms with van der Waals surface area (Å²) in [7, 11) is -2.92. The largest absolute Gasteiger partial charge is 0.457 e. The van der Waals surface area contributed by atoms with Gasteiger partial charge in [0.05, 0.1) is 0 Å². The van der Waals surface area contributed by atoms with Crippen molar-refractivity contribution >= 4 is 16.7 Å². The lowest BCUT2D eigenvalue weighted by molar-refractivity contribution is 0.475. The maximum atomic E-state index is 10.4. The van der Waals surface area contributed by atoms with E-state index in [-0.39, 0.29) is 5.75 Å². The van der Waals surface area contributed by atoms with Crippen molar-refractivity contribution in [2.24, 2.45) is 0 Å². The number of hydrogen-bond donors (Lipinski definition) is 2. The predicted molar refractivity (Wildman–Crippen MR) is 68.3 cm³/mol. The summed E-state index contributed by atoms with van der Waals surface area (Å²) in [5.74, 6) is 1.29. The van der Waals surface area contributed by atoms with Crippen LogP contribution in [-0.2, 0) is 11.0 Å². The molecule has 0 saturated heterocycles. The highest BCUT2D eigenvalue weighted by molar-refractivity contribution is 7.67. The standard InChI is InChI=1S/C12H11NO4S/c13-9-4-6-10(7-5-9)16-11-2-1-3-12(8-11)17-18(14)15/h1-8,18H,13H2. The van der Waals surface area contributed by atoms with Crippen molar-refractivity contribution < 1.29 is 17.3 Å². The van der Waals surface area contributed by atoms with E-state index in [0.29, 0.717) is 17.2 Å². The van der Waals surface area contributed by atoms with Crippen LogP contribution in [0.5, 0.6) is 17.2 Å². The van der Waals surface area contributed by atoms with E-state index in [0.717, 1.165) is 0 Å². The fourth-order valence-corrected chi connectivity index (χ4v) is 1.64. The van der Waals surface area contributed by atoms with Crippen LogP contribution in [-0.4, -0.2) is 8.42 Å². The summed E-state index contributed by atoms with van der Waals surface area (Å²) in [5.41, 5.74) is 6.20. The summed E-state index contributed by atoms with van der Waals surface area (Å²) in [6, 6.07) is 13.2. The average molecular weight is 265 g/mol. The molecule has 0 saturated carbocycles. The maximum Gasteiger partial charge on any atom is 0.299 e. The van der Waals surface area contributed by atoms with Gasteiger partial charge in [0, 0.05) is 11.8 Å². The highest BCUT2D eigenvalue weighted by atomic mass is 32.2. The van der Waals surface area contributed by atoms with Gasteiger partial charge in [-0.25, -0.2) is 0 Å². The maximum absolute atomic E-state index is 10.4. The fourth-order valence-electron chi connectivity index (χ4n) is 1.35. The van der Waals surface area contributed by atoms with Gasteiger partial charge in [-0.2, -0.15) is 8.42 Å². The van der Waals surface area contributed by atoms with Gasteiger partial charge >= 0.3 is 0 Å². The first kappa shape index (κ1) is 12.3. The molecule has 2 aromatic rings. The number of nitrogen functional groups attached to an aromatic ring is 1. The van der Waals surface area contributed by atoms with Crippen molar-refractivity contribution in [1.82, 2.24) is 0 Å². The number of thiol groups is 1. The Morgan fingerprint density at radius 3 is 2.22 bits per heavy atom. The summed E-state index contributed by atoms with van der Waals surface area (Å²) < 4.78 is 31.0. The molecule has 0 atom stereocenters. The fraction of sp³-hybridized carbons (Fsp3) is 0. The number of ether oxygens (including phenoxy) is 1. The highest BCUT2D eigenvalue weighted by Crippen LogP contribution is 2.25. The van der Waals surface area contributed by atoms with Crippen LogP contribution in [0.2, 0.25) is 0 Å². The van der Waals surface area contributed by atoms with E-state index >= 15 is 0 Å². The first-order chi connectivity index (χ1) is 8.63. The van der Waals surface area contributed by atoms with Crippen molar-refractivity contribution in [3.8, 4) is 17.2 Å². The highest BCUT2D eigenvalue weighted by Gasteiger charge is 2.00. The topological polar surface area (TPSA) is 78.6 Å². The quantitative estimate of drug-likeness (QED) is 0.652. The van der Waals surface area contributed by atoms with E-state index < -0.39 is 11.0 Å². The van der Waals surface area contributed by atoms with E-state index in [9.17, 15) is 8.42 Å². The molecule has 2 rings (SSSR count). The van der Waals surface area contributed by atoms with Crippen molar-refractivity contribution in [2.45, 2.75) is 0 Å². The van der Waals surface area contributed by atoms with Crippen LogP contribution in [0.4, 0.5) is 5.69 Å². The van der Waals surface area contributed by atoms with Gasteiger partial charge in [0.1, 0.15) is 17.2 Å². The first-order valence-electron chi connectivity index (χ1n) is 5.09. The van der Waals surface area contributed by atoms with Crippen molar-refractivity contribution in [1.29, 1.82) is 0 Å². The molecule has 5 nitrogen and oxygen atoms in total. The minimum atomic E-state index is -2.92. The Bertz CT molecular complexity index is 600. The van der Waals surface area contributed by atoms with Crippen LogP contribution >= 0.6 is 0 Å². The smallest absolute Gasteiger partial charge is 0.299 e. The number of benzene rings is 2. The Labute approximate surface area is 106 Å². The summed E-state index contributed by atoms with van der Waals surface area (Å²) in [4.78, 5) is 0. The second kappa shape index (κ2) is 5.42. The molecule has 0 aromatic heterocycles. The summed E-state index contributed by atoms with van der Waals surface area (Å²) in [5, 5.41) is 0. The number of hydrogen-bond acceptors (Lipinski definition) is 5. The number of nitrogens with two attached hydrogens (primary N) is 1. The molecule has 18 heavy (non-hydrogen) atoms. The SMILES string of the molecule is Nc1ccc(Oc2cccc(O[SH](=O)=O)c2)cc1.